The van der Waals surface area contributed by atoms with Gasteiger partial charge in [0.1, 0.15) is 16.5 Å². The molecule has 2 aromatic carbocycles. The van der Waals surface area contributed by atoms with Crippen LogP contribution in [0.15, 0.2) is 58.0 Å². The minimum Gasteiger partial charge on any atom is -0.265 e. The van der Waals surface area contributed by atoms with Crippen LogP contribution in [-0.2, 0) is 16.6 Å². The van der Waals surface area contributed by atoms with Crippen molar-refractivity contribution in [2.45, 2.75) is 11.4 Å². The topological polar surface area (TPSA) is 64.0 Å². The Hall–Kier alpha value is -1.97. The summed E-state index contributed by atoms with van der Waals surface area (Å²) in [5.41, 5.74) is 0.898. The Kier molecular flexibility index (Phi) is 5.31. The number of nitrogens with one attached hydrogen (secondary N) is 1. The average Bonchev–Trinajstić information content (AvgIpc) is 2.90. The van der Waals surface area contributed by atoms with Crippen LogP contribution in [0.25, 0.3) is 0 Å². The highest BCUT2D eigenvalue weighted by Crippen LogP contribution is 2.25. The van der Waals surface area contributed by atoms with Crippen LogP contribution in [0, 0.1) is 11.6 Å². The molecule has 1 aromatic heterocycles. The molecule has 0 saturated carbocycles. The van der Waals surface area contributed by atoms with Crippen molar-refractivity contribution in [1.29, 1.82) is 0 Å². The molecule has 0 aliphatic heterocycles. The van der Waals surface area contributed by atoms with Crippen molar-refractivity contribution in [1.82, 2.24) is 9.78 Å². The van der Waals surface area contributed by atoms with Crippen LogP contribution in [0.5, 0.6) is 0 Å². The van der Waals surface area contributed by atoms with Crippen LogP contribution in [0.3, 0.4) is 0 Å². The van der Waals surface area contributed by atoms with Gasteiger partial charge < -0.3 is 0 Å². The Morgan fingerprint density at radius 1 is 1.15 bits per heavy atom. The van der Waals surface area contributed by atoms with Gasteiger partial charge in [0.15, 0.2) is 5.82 Å². The van der Waals surface area contributed by atoms with Crippen LogP contribution in [0.1, 0.15) is 5.56 Å². The van der Waals surface area contributed by atoms with Crippen molar-refractivity contribution in [2.75, 3.05) is 4.72 Å². The molecule has 0 amide bonds. The molecule has 10 heteroatoms. The quantitative estimate of drug-likeness (QED) is 0.610. The Balaban J connectivity index is 1.85. The summed E-state index contributed by atoms with van der Waals surface area (Å²) in [5.74, 6) is -1.96. The van der Waals surface area contributed by atoms with E-state index >= 15 is 0 Å². The third-order valence-electron chi connectivity index (χ3n) is 3.39. The SMILES string of the molecule is O=S(=O)(Nc1nn(Cc2ccc(Cl)cc2)cc1Br)c1cc(F)ccc1F. The van der Waals surface area contributed by atoms with Gasteiger partial charge >= 0.3 is 0 Å². The van der Waals surface area contributed by atoms with Crippen molar-refractivity contribution in [3.8, 4) is 0 Å². The highest BCUT2D eigenvalue weighted by molar-refractivity contribution is 9.10. The Bertz CT molecular complexity index is 1060. The normalized spacial score (nSPS) is 11.5. The molecule has 5 nitrogen and oxygen atoms in total. The fourth-order valence-corrected chi connectivity index (χ4v) is 3.97. The number of aromatic nitrogens is 2. The predicted molar refractivity (Wildman–Crippen MR) is 97.6 cm³/mol. The molecule has 26 heavy (non-hydrogen) atoms. The summed E-state index contributed by atoms with van der Waals surface area (Å²) in [5, 5.41) is 4.72. The molecule has 0 atom stereocenters. The van der Waals surface area contributed by atoms with E-state index in [0.717, 1.165) is 17.7 Å². The standard InChI is InChI=1S/C16H11BrClF2N3O2S/c17-13-9-23(8-10-1-3-11(18)4-2-10)21-16(13)22-26(24,25)15-7-12(19)5-6-14(15)20/h1-7,9H,8H2,(H,21,22). The molecule has 0 radical (unpaired) electrons. The molecule has 0 aliphatic rings. The summed E-state index contributed by atoms with van der Waals surface area (Å²) in [7, 11) is -4.34. The van der Waals surface area contributed by atoms with Gasteiger partial charge in [0.2, 0.25) is 0 Å². The molecule has 0 fully saturated rings. The summed E-state index contributed by atoms with van der Waals surface area (Å²) >= 11 is 9.04. The fourth-order valence-electron chi connectivity index (χ4n) is 2.19. The van der Waals surface area contributed by atoms with Crippen molar-refractivity contribution in [3.63, 3.8) is 0 Å². The van der Waals surface area contributed by atoms with E-state index in [1.807, 2.05) is 12.1 Å². The lowest BCUT2D eigenvalue weighted by Gasteiger charge is -2.07. The van der Waals surface area contributed by atoms with E-state index < -0.39 is 26.6 Å². The first-order chi connectivity index (χ1) is 12.2. The summed E-state index contributed by atoms with van der Waals surface area (Å²) in [6, 6.07) is 9.27. The Morgan fingerprint density at radius 2 is 1.85 bits per heavy atom. The fraction of sp³-hybridized carbons (Fsp3) is 0.0625. The minimum absolute atomic E-state index is 0.0392. The Labute approximate surface area is 161 Å². The van der Waals surface area contributed by atoms with E-state index in [1.54, 1.807) is 18.3 Å². The number of benzene rings is 2. The van der Waals surface area contributed by atoms with Crippen LogP contribution in [0.4, 0.5) is 14.6 Å². The van der Waals surface area contributed by atoms with Crippen LogP contribution >= 0.6 is 27.5 Å². The van der Waals surface area contributed by atoms with E-state index in [-0.39, 0.29) is 5.82 Å². The number of rotatable bonds is 5. The van der Waals surface area contributed by atoms with Crippen molar-refractivity contribution < 1.29 is 17.2 Å². The maximum absolute atomic E-state index is 13.8. The minimum atomic E-state index is -4.34. The zero-order valence-corrected chi connectivity index (χ0v) is 16.1. The van der Waals surface area contributed by atoms with Crippen molar-refractivity contribution in [2.24, 2.45) is 0 Å². The van der Waals surface area contributed by atoms with E-state index in [0.29, 0.717) is 22.1 Å². The second-order valence-electron chi connectivity index (χ2n) is 5.33. The zero-order valence-electron chi connectivity index (χ0n) is 13.0. The third-order valence-corrected chi connectivity index (χ3v) is 5.57. The van der Waals surface area contributed by atoms with E-state index in [4.69, 9.17) is 11.6 Å². The number of anilines is 1. The molecular formula is C16H11BrClF2N3O2S. The number of nitrogens with zero attached hydrogens (tertiary/aromatic N) is 2. The largest absolute Gasteiger partial charge is 0.266 e. The molecule has 0 unspecified atom stereocenters. The summed E-state index contributed by atoms with van der Waals surface area (Å²) in [6.07, 6.45) is 1.56. The number of sulfonamides is 1. The molecule has 0 aliphatic carbocycles. The van der Waals surface area contributed by atoms with E-state index in [1.165, 1.54) is 4.68 Å². The van der Waals surface area contributed by atoms with Crippen molar-refractivity contribution >= 4 is 43.4 Å². The second kappa shape index (κ2) is 7.34. The maximum Gasteiger partial charge on any atom is 0.266 e. The van der Waals surface area contributed by atoms with Gasteiger partial charge in [-0.15, -0.1) is 0 Å². The second-order valence-corrected chi connectivity index (χ2v) is 8.27. The molecule has 0 saturated heterocycles. The predicted octanol–water partition coefficient (Wildman–Crippen LogP) is 4.43. The lowest BCUT2D eigenvalue weighted by atomic mass is 10.2. The van der Waals surface area contributed by atoms with Gasteiger partial charge in [-0.2, -0.15) is 5.10 Å². The van der Waals surface area contributed by atoms with Gasteiger partial charge in [0, 0.05) is 11.2 Å². The highest BCUT2D eigenvalue weighted by atomic mass is 79.9. The lowest BCUT2D eigenvalue weighted by molar-refractivity contribution is 0.555. The maximum atomic E-state index is 13.8. The van der Waals surface area contributed by atoms with Gasteiger partial charge in [0.25, 0.3) is 10.0 Å². The van der Waals surface area contributed by atoms with Crippen LogP contribution in [0.2, 0.25) is 5.02 Å². The molecule has 1 N–H and O–H groups in total. The van der Waals surface area contributed by atoms with Gasteiger partial charge in [-0.3, -0.25) is 9.40 Å². The smallest absolute Gasteiger partial charge is 0.265 e. The number of halogens is 4. The molecule has 0 spiro atoms. The van der Waals surface area contributed by atoms with Crippen LogP contribution in [-0.4, -0.2) is 18.2 Å². The summed E-state index contributed by atoms with van der Waals surface area (Å²) < 4.78 is 55.7. The molecule has 1 heterocycles. The van der Waals surface area contributed by atoms with Crippen LogP contribution < -0.4 is 4.72 Å². The van der Waals surface area contributed by atoms with E-state index in [2.05, 4.69) is 25.8 Å². The average molecular weight is 463 g/mol. The number of hydrogen-bond donors (Lipinski definition) is 1. The first-order valence-electron chi connectivity index (χ1n) is 7.20. The number of hydrogen-bond acceptors (Lipinski definition) is 3. The molecule has 3 rings (SSSR count). The van der Waals surface area contributed by atoms with Gasteiger partial charge in [-0.25, -0.2) is 17.2 Å². The van der Waals surface area contributed by atoms with Crippen molar-refractivity contribution in [3.05, 3.63) is 75.4 Å². The summed E-state index contributed by atoms with van der Waals surface area (Å²) in [6.45, 7) is 0.367. The molecule has 0 bridgehead atoms. The van der Waals surface area contributed by atoms with Gasteiger partial charge in [-0.05, 0) is 51.8 Å². The molecule has 3 aromatic rings. The zero-order chi connectivity index (χ0) is 18.9. The summed E-state index contributed by atoms with van der Waals surface area (Å²) in [4.78, 5) is -0.795. The van der Waals surface area contributed by atoms with Gasteiger partial charge in [-0.1, -0.05) is 23.7 Å². The third kappa shape index (κ3) is 4.22. The molecule has 136 valence electrons. The monoisotopic (exact) mass is 461 g/mol. The van der Waals surface area contributed by atoms with Gasteiger partial charge in [0.05, 0.1) is 11.0 Å². The van der Waals surface area contributed by atoms with E-state index in [9.17, 15) is 17.2 Å². The first-order valence-corrected chi connectivity index (χ1v) is 9.85. The Morgan fingerprint density at radius 3 is 2.54 bits per heavy atom. The highest BCUT2D eigenvalue weighted by Gasteiger charge is 2.22. The lowest BCUT2D eigenvalue weighted by Crippen LogP contribution is -2.16. The first kappa shape index (κ1) is 18.8. The molecular weight excluding hydrogens is 452 g/mol.